The Morgan fingerprint density at radius 3 is 2.75 bits per heavy atom. The Balaban J connectivity index is 2.07. The lowest BCUT2D eigenvalue weighted by molar-refractivity contribution is 0.397. The highest BCUT2D eigenvalue weighted by atomic mass is 16.5. The fraction of sp³-hybridized carbons (Fsp3) is 0.0714. The molecule has 100 valence electrons. The van der Waals surface area contributed by atoms with Gasteiger partial charge in [0.25, 0.3) is 5.89 Å². The molecule has 20 heavy (non-hydrogen) atoms. The molecular formula is C14H11N3O3. The second-order valence-electron chi connectivity index (χ2n) is 4.27. The normalized spacial score (nSPS) is 10.7. The average molecular weight is 269 g/mol. The van der Waals surface area contributed by atoms with E-state index in [1.807, 2.05) is 19.1 Å². The molecule has 0 bridgehead atoms. The van der Waals surface area contributed by atoms with Crippen LogP contribution in [-0.2, 0) is 0 Å². The minimum Gasteiger partial charge on any atom is -0.504 e. The number of pyridine rings is 1. The molecule has 0 saturated heterocycles. The Kier molecular flexibility index (Phi) is 2.83. The van der Waals surface area contributed by atoms with Crippen molar-refractivity contribution in [3.63, 3.8) is 0 Å². The third-order valence-corrected chi connectivity index (χ3v) is 2.89. The Morgan fingerprint density at radius 2 is 1.95 bits per heavy atom. The van der Waals surface area contributed by atoms with E-state index in [0.29, 0.717) is 11.5 Å². The standard InChI is InChI=1S/C14H11N3O3/c1-8-4-3-7-15-11(8)13-16-14(20-17-13)9-5-2-6-10(18)12(9)19/h2-7,18-19H,1H3. The molecule has 0 spiro atoms. The Labute approximate surface area is 114 Å². The number of nitrogens with zero attached hydrogens (tertiary/aromatic N) is 3. The Morgan fingerprint density at radius 1 is 1.10 bits per heavy atom. The molecule has 0 aliphatic rings. The minimum atomic E-state index is -0.291. The van der Waals surface area contributed by atoms with Crippen LogP contribution in [0.4, 0.5) is 0 Å². The maximum Gasteiger partial charge on any atom is 0.262 e. The lowest BCUT2D eigenvalue weighted by atomic mass is 10.2. The molecule has 0 radical (unpaired) electrons. The molecule has 2 heterocycles. The van der Waals surface area contributed by atoms with Crippen molar-refractivity contribution < 1.29 is 14.7 Å². The maximum absolute atomic E-state index is 9.79. The van der Waals surface area contributed by atoms with Gasteiger partial charge in [-0.15, -0.1) is 0 Å². The van der Waals surface area contributed by atoms with Crippen molar-refractivity contribution in [2.45, 2.75) is 6.92 Å². The van der Waals surface area contributed by atoms with Crippen LogP contribution in [0.25, 0.3) is 23.0 Å². The summed E-state index contributed by atoms with van der Waals surface area (Å²) in [5.41, 5.74) is 1.81. The van der Waals surface area contributed by atoms with Crippen molar-refractivity contribution in [1.29, 1.82) is 0 Å². The number of para-hydroxylation sites is 1. The SMILES string of the molecule is Cc1cccnc1-c1noc(-c2cccc(O)c2O)n1. The van der Waals surface area contributed by atoms with E-state index in [9.17, 15) is 10.2 Å². The molecule has 0 atom stereocenters. The van der Waals surface area contributed by atoms with Crippen LogP contribution < -0.4 is 0 Å². The molecule has 2 aromatic heterocycles. The minimum absolute atomic E-state index is 0.124. The maximum atomic E-state index is 9.79. The zero-order valence-corrected chi connectivity index (χ0v) is 10.6. The van der Waals surface area contributed by atoms with Gasteiger partial charge in [-0.1, -0.05) is 17.3 Å². The predicted molar refractivity (Wildman–Crippen MR) is 71.0 cm³/mol. The van der Waals surface area contributed by atoms with Crippen LogP contribution in [0, 0.1) is 6.92 Å². The molecular weight excluding hydrogens is 258 g/mol. The number of hydrogen-bond donors (Lipinski definition) is 2. The number of phenols is 2. The number of benzene rings is 1. The molecule has 6 heteroatoms. The number of aryl methyl sites for hydroxylation is 1. The van der Waals surface area contributed by atoms with E-state index in [1.54, 1.807) is 18.3 Å². The number of phenolic OH excluding ortho intramolecular Hbond substituents is 2. The van der Waals surface area contributed by atoms with E-state index >= 15 is 0 Å². The van der Waals surface area contributed by atoms with Crippen LogP contribution >= 0.6 is 0 Å². The molecule has 1 aromatic carbocycles. The molecule has 0 unspecified atom stereocenters. The van der Waals surface area contributed by atoms with Crippen LogP contribution in [0.2, 0.25) is 0 Å². The second kappa shape index (κ2) is 4.65. The van der Waals surface area contributed by atoms with E-state index < -0.39 is 0 Å². The van der Waals surface area contributed by atoms with Crippen molar-refractivity contribution in [3.8, 4) is 34.5 Å². The molecule has 0 aliphatic carbocycles. The first-order valence-electron chi connectivity index (χ1n) is 5.94. The molecule has 0 amide bonds. The van der Waals surface area contributed by atoms with Crippen molar-refractivity contribution in [2.75, 3.05) is 0 Å². The van der Waals surface area contributed by atoms with Gasteiger partial charge >= 0.3 is 0 Å². The predicted octanol–water partition coefficient (Wildman–Crippen LogP) is 2.52. The summed E-state index contributed by atoms with van der Waals surface area (Å²) in [7, 11) is 0. The fourth-order valence-electron chi connectivity index (χ4n) is 1.85. The molecule has 6 nitrogen and oxygen atoms in total. The van der Waals surface area contributed by atoms with Crippen LogP contribution in [0.3, 0.4) is 0 Å². The van der Waals surface area contributed by atoms with Crippen LogP contribution in [0.5, 0.6) is 11.5 Å². The van der Waals surface area contributed by atoms with Crippen LogP contribution in [0.1, 0.15) is 5.56 Å². The second-order valence-corrected chi connectivity index (χ2v) is 4.27. The van der Waals surface area contributed by atoms with Gasteiger partial charge in [-0.3, -0.25) is 4.98 Å². The van der Waals surface area contributed by atoms with Gasteiger partial charge in [0.15, 0.2) is 11.5 Å². The van der Waals surface area contributed by atoms with Gasteiger partial charge in [-0.25, -0.2) is 0 Å². The monoisotopic (exact) mass is 269 g/mol. The average Bonchev–Trinajstić information content (AvgIpc) is 2.92. The summed E-state index contributed by atoms with van der Waals surface area (Å²) in [5.74, 6) is -0.0731. The van der Waals surface area contributed by atoms with E-state index in [4.69, 9.17) is 4.52 Å². The largest absolute Gasteiger partial charge is 0.504 e. The summed E-state index contributed by atoms with van der Waals surface area (Å²) in [6, 6.07) is 8.25. The Hall–Kier alpha value is -2.89. The zero-order valence-electron chi connectivity index (χ0n) is 10.6. The van der Waals surface area contributed by atoms with E-state index in [-0.39, 0.29) is 23.0 Å². The number of rotatable bonds is 2. The molecule has 3 aromatic rings. The third-order valence-electron chi connectivity index (χ3n) is 2.89. The fourth-order valence-corrected chi connectivity index (χ4v) is 1.85. The van der Waals surface area contributed by atoms with Crippen LogP contribution in [0.15, 0.2) is 41.1 Å². The molecule has 0 aliphatic heterocycles. The zero-order chi connectivity index (χ0) is 14.1. The summed E-state index contributed by atoms with van der Waals surface area (Å²) in [6.45, 7) is 1.89. The summed E-state index contributed by atoms with van der Waals surface area (Å²) < 4.78 is 5.12. The van der Waals surface area contributed by atoms with Crippen molar-refractivity contribution >= 4 is 0 Å². The van der Waals surface area contributed by atoms with Gasteiger partial charge in [0, 0.05) is 6.20 Å². The van der Waals surface area contributed by atoms with E-state index in [0.717, 1.165) is 5.56 Å². The van der Waals surface area contributed by atoms with Crippen molar-refractivity contribution in [1.82, 2.24) is 15.1 Å². The first-order chi connectivity index (χ1) is 9.66. The highest BCUT2D eigenvalue weighted by Crippen LogP contribution is 2.35. The summed E-state index contributed by atoms with van der Waals surface area (Å²) in [6.07, 6.45) is 1.64. The number of aromatic nitrogens is 3. The van der Waals surface area contributed by atoms with Crippen molar-refractivity contribution in [3.05, 3.63) is 42.1 Å². The number of aromatic hydroxyl groups is 2. The molecule has 3 rings (SSSR count). The highest BCUT2D eigenvalue weighted by molar-refractivity contribution is 5.68. The summed E-state index contributed by atoms with van der Waals surface area (Å²) in [4.78, 5) is 8.40. The van der Waals surface area contributed by atoms with E-state index in [2.05, 4.69) is 15.1 Å². The van der Waals surface area contributed by atoms with Crippen molar-refractivity contribution in [2.24, 2.45) is 0 Å². The lowest BCUT2D eigenvalue weighted by Gasteiger charge is -2.00. The third kappa shape index (κ3) is 1.97. The van der Waals surface area contributed by atoms with Gasteiger partial charge in [-0.2, -0.15) is 4.98 Å². The first-order valence-corrected chi connectivity index (χ1v) is 5.94. The van der Waals surface area contributed by atoms with Crippen LogP contribution in [-0.4, -0.2) is 25.3 Å². The Bertz CT molecular complexity index is 768. The lowest BCUT2D eigenvalue weighted by Crippen LogP contribution is -1.89. The quantitative estimate of drug-likeness (QED) is 0.694. The highest BCUT2D eigenvalue weighted by Gasteiger charge is 2.17. The van der Waals surface area contributed by atoms with E-state index in [1.165, 1.54) is 6.07 Å². The molecule has 0 saturated carbocycles. The van der Waals surface area contributed by atoms with Gasteiger partial charge < -0.3 is 14.7 Å². The van der Waals surface area contributed by atoms with Gasteiger partial charge in [0.2, 0.25) is 5.82 Å². The smallest absolute Gasteiger partial charge is 0.262 e. The molecule has 0 fully saturated rings. The van der Waals surface area contributed by atoms with Gasteiger partial charge in [-0.05, 0) is 30.7 Å². The summed E-state index contributed by atoms with van der Waals surface area (Å²) in [5, 5.41) is 23.1. The molecule has 2 N–H and O–H groups in total. The number of hydrogen-bond acceptors (Lipinski definition) is 6. The van der Waals surface area contributed by atoms with Gasteiger partial charge in [0.1, 0.15) is 5.69 Å². The summed E-state index contributed by atoms with van der Waals surface area (Å²) >= 11 is 0. The van der Waals surface area contributed by atoms with Gasteiger partial charge in [0.05, 0.1) is 5.56 Å². The topological polar surface area (TPSA) is 92.3 Å². The first kappa shape index (κ1) is 12.2.